The van der Waals surface area contributed by atoms with Crippen LogP contribution in [0.2, 0.25) is 10.6 Å². The van der Waals surface area contributed by atoms with Crippen LogP contribution in [0.1, 0.15) is 67.7 Å². The van der Waals surface area contributed by atoms with Gasteiger partial charge in [0.05, 0.1) is 15.7 Å². The minimum Gasteiger partial charge on any atom is -0.0688 e. The summed E-state index contributed by atoms with van der Waals surface area (Å²) >= 11 is 0. The highest BCUT2D eigenvalue weighted by Crippen LogP contribution is 2.54. The predicted octanol–water partition coefficient (Wildman–Crippen LogP) is 4.80. The van der Waals surface area contributed by atoms with Gasteiger partial charge in [0.25, 0.3) is 0 Å². The summed E-state index contributed by atoms with van der Waals surface area (Å²) in [6.07, 6.45) is 3.68. The quantitative estimate of drug-likeness (QED) is 0.612. The molecule has 0 spiro atoms. The molecule has 1 rings (SSSR count). The molecule has 1 aliphatic rings. The van der Waals surface area contributed by atoms with Gasteiger partial charge in [-0.1, -0.05) is 59.1 Å². The molecular formula is C16H30B2. The van der Waals surface area contributed by atoms with E-state index in [0.29, 0.717) is 17.3 Å². The van der Waals surface area contributed by atoms with Crippen LogP contribution in [-0.2, 0) is 0 Å². The number of hydrogen-bond donors (Lipinski definition) is 0. The number of hydrogen-bond acceptors (Lipinski definition) is 0. The lowest BCUT2D eigenvalue weighted by Gasteiger charge is -2.49. The maximum absolute atomic E-state index is 6.38. The Morgan fingerprint density at radius 3 is 1.11 bits per heavy atom. The fraction of sp³-hybridized carbons (Fsp3) is 1.00. The van der Waals surface area contributed by atoms with Gasteiger partial charge in [-0.25, -0.2) is 0 Å². The highest BCUT2D eigenvalue weighted by Gasteiger charge is 2.42. The summed E-state index contributed by atoms with van der Waals surface area (Å²) in [6.45, 7) is 15.7. The highest BCUT2D eigenvalue weighted by atomic mass is 14.5. The summed E-state index contributed by atoms with van der Waals surface area (Å²) in [4.78, 5) is 0. The average molecular weight is 244 g/mol. The van der Waals surface area contributed by atoms with E-state index in [1.165, 1.54) is 19.3 Å². The third-order valence-corrected chi connectivity index (χ3v) is 5.04. The first-order chi connectivity index (χ1) is 7.82. The molecule has 4 radical (unpaired) electrons. The Morgan fingerprint density at radius 1 is 0.611 bits per heavy atom. The normalized spacial score (nSPS) is 31.4. The summed E-state index contributed by atoms with van der Waals surface area (Å²) in [6, 6.07) is 0. The van der Waals surface area contributed by atoms with Crippen molar-refractivity contribution in [1.29, 1.82) is 0 Å². The van der Waals surface area contributed by atoms with Crippen LogP contribution in [0, 0.1) is 23.2 Å². The van der Waals surface area contributed by atoms with Gasteiger partial charge in [-0.15, -0.1) is 0 Å². The van der Waals surface area contributed by atoms with E-state index in [4.69, 9.17) is 15.7 Å². The zero-order valence-electron chi connectivity index (χ0n) is 13.5. The van der Waals surface area contributed by atoms with Crippen LogP contribution in [0.15, 0.2) is 0 Å². The van der Waals surface area contributed by atoms with Crippen molar-refractivity contribution in [3.8, 4) is 0 Å². The van der Waals surface area contributed by atoms with E-state index in [9.17, 15) is 0 Å². The van der Waals surface area contributed by atoms with Gasteiger partial charge in [0.2, 0.25) is 0 Å². The molecule has 100 valence electrons. The molecule has 1 fully saturated rings. The minimum atomic E-state index is -0.0899. The van der Waals surface area contributed by atoms with E-state index in [0.717, 1.165) is 5.92 Å². The zero-order chi connectivity index (χ0) is 14.4. The van der Waals surface area contributed by atoms with Crippen LogP contribution in [-0.4, -0.2) is 15.7 Å². The third kappa shape index (κ3) is 4.07. The maximum atomic E-state index is 6.38. The van der Waals surface area contributed by atoms with Crippen molar-refractivity contribution >= 4 is 15.7 Å². The van der Waals surface area contributed by atoms with Gasteiger partial charge in [-0.05, 0) is 42.4 Å². The second-order valence-electron chi connectivity index (χ2n) is 8.81. The standard InChI is InChI=1S/C16H30B2/c1-14(2,3)11-8-12(15(4,5)17)10-13(9-11)16(6,7)18/h11-13H,8-10H2,1-7H3. The van der Waals surface area contributed by atoms with Crippen molar-refractivity contribution in [2.24, 2.45) is 23.2 Å². The molecule has 0 nitrogen and oxygen atoms in total. The average Bonchev–Trinajstić information content (AvgIpc) is 2.13. The van der Waals surface area contributed by atoms with Crippen molar-refractivity contribution in [3.05, 3.63) is 0 Å². The monoisotopic (exact) mass is 244 g/mol. The van der Waals surface area contributed by atoms with Gasteiger partial charge < -0.3 is 0 Å². The van der Waals surface area contributed by atoms with Crippen molar-refractivity contribution in [3.63, 3.8) is 0 Å². The van der Waals surface area contributed by atoms with E-state index >= 15 is 0 Å². The topological polar surface area (TPSA) is 0 Å². The molecule has 0 aromatic heterocycles. The fourth-order valence-electron chi connectivity index (χ4n) is 3.24. The lowest BCUT2D eigenvalue weighted by molar-refractivity contribution is 0.0714. The molecule has 18 heavy (non-hydrogen) atoms. The second kappa shape index (κ2) is 4.91. The number of rotatable bonds is 2. The summed E-state index contributed by atoms with van der Waals surface area (Å²) in [5.74, 6) is 1.90. The van der Waals surface area contributed by atoms with Gasteiger partial charge in [-0.2, -0.15) is 0 Å². The van der Waals surface area contributed by atoms with Crippen LogP contribution in [0.25, 0.3) is 0 Å². The lowest BCUT2D eigenvalue weighted by Crippen LogP contribution is -2.38. The molecule has 0 heterocycles. The van der Waals surface area contributed by atoms with E-state index in [1.54, 1.807) is 0 Å². The molecule has 0 N–H and O–H groups in total. The Balaban J connectivity index is 2.93. The molecule has 0 aromatic rings. The van der Waals surface area contributed by atoms with Crippen molar-refractivity contribution in [1.82, 2.24) is 0 Å². The van der Waals surface area contributed by atoms with Gasteiger partial charge in [0.1, 0.15) is 0 Å². The summed E-state index contributed by atoms with van der Waals surface area (Å²) in [7, 11) is 12.8. The molecule has 1 saturated carbocycles. The minimum absolute atomic E-state index is 0.0899. The van der Waals surface area contributed by atoms with Crippen LogP contribution in [0.3, 0.4) is 0 Å². The van der Waals surface area contributed by atoms with E-state index in [1.807, 2.05) is 0 Å². The highest BCUT2D eigenvalue weighted by molar-refractivity contribution is 6.15. The summed E-state index contributed by atoms with van der Waals surface area (Å²) in [5, 5.41) is -0.180. The van der Waals surface area contributed by atoms with Crippen molar-refractivity contribution < 1.29 is 0 Å². The van der Waals surface area contributed by atoms with Crippen LogP contribution >= 0.6 is 0 Å². The first-order valence-corrected chi connectivity index (χ1v) is 7.39. The third-order valence-electron chi connectivity index (χ3n) is 5.04. The van der Waals surface area contributed by atoms with Crippen molar-refractivity contribution in [2.75, 3.05) is 0 Å². The molecule has 2 atom stereocenters. The van der Waals surface area contributed by atoms with Crippen LogP contribution in [0.4, 0.5) is 0 Å². The summed E-state index contributed by atoms with van der Waals surface area (Å²) in [5.41, 5.74) is 0.355. The Bertz CT molecular complexity index is 221. The first-order valence-electron chi connectivity index (χ1n) is 7.39. The van der Waals surface area contributed by atoms with E-state index in [-0.39, 0.29) is 10.6 Å². The molecule has 0 amide bonds. The van der Waals surface area contributed by atoms with Gasteiger partial charge in [0.15, 0.2) is 0 Å². The molecule has 0 aliphatic heterocycles. The van der Waals surface area contributed by atoms with Crippen LogP contribution in [0.5, 0.6) is 0 Å². The Labute approximate surface area is 118 Å². The molecule has 2 heteroatoms. The predicted molar refractivity (Wildman–Crippen MR) is 83.4 cm³/mol. The SMILES string of the molecule is [B]C(C)(C)C1CC(C([B])(C)C)CC(C(C)(C)C)C1. The van der Waals surface area contributed by atoms with E-state index < -0.39 is 0 Å². The lowest BCUT2D eigenvalue weighted by atomic mass is 9.49. The largest absolute Gasteiger partial charge is 0.0742 e. The Morgan fingerprint density at radius 2 is 0.889 bits per heavy atom. The second-order valence-corrected chi connectivity index (χ2v) is 8.81. The van der Waals surface area contributed by atoms with E-state index in [2.05, 4.69) is 48.5 Å². The summed E-state index contributed by atoms with van der Waals surface area (Å²) < 4.78 is 0. The molecule has 0 saturated heterocycles. The van der Waals surface area contributed by atoms with Crippen LogP contribution < -0.4 is 0 Å². The molecule has 0 aromatic carbocycles. The molecule has 1 aliphatic carbocycles. The van der Waals surface area contributed by atoms with Gasteiger partial charge in [0, 0.05) is 0 Å². The Kier molecular flexibility index (Phi) is 4.41. The molecular weight excluding hydrogens is 214 g/mol. The molecule has 2 unspecified atom stereocenters. The van der Waals surface area contributed by atoms with Gasteiger partial charge >= 0.3 is 0 Å². The maximum Gasteiger partial charge on any atom is 0.0742 e. The van der Waals surface area contributed by atoms with Gasteiger partial charge in [-0.3, -0.25) is 0 Å². The smallest absolute Gasteiger partial charge is 0.0688 e. The Hall–Kier alpha value is 0.130. The fourth-order valence-corrected chi connectivity index (χ4v) is 3.24. The zero-order valence-corrected chi connectivity index (χ0v) is 13.5. The van der Waals surface area contributed by atoms with Crippen molar-refractivity contribution in [2.45, 2.75) is 78.4 Å². The molecule has 0 bridgehead atoms. The first kappa shape index (κ1) is 16.2.